The summed E-state index contributed by atoms with van der Waals surface area (Å²) in [4.78, 5) is 8.16. The summed E-state index contributed by atoms with van der Waals surface area (Å²) in [6.07, 6.45) is 1.44. The monoisotopic (exact) mass is 292 g/mol. The van der Waals surface area contributed by atoms with Gasteiger partial charge in [0.2, 0.25) is 0 Å². The molecule has 0 aromatic carbocycles. The van der Waals surface area contributed by atoms with Gasteiger partial charge in [0.05, 0.1) is 17.1 Å². The zero-order chi connectivity index (χ0) is 14.8. The molecule has 0 atom stereocenters. The maximum absolute atomic E-state index is 12.4. The fourth-order valence-electron chi connectivity index (χ4n) is 1.78. The third-order valence-electron chi connectivity index (χ3n) is 2.76. The van der Waals surface area contributed by atoms with Crippen molar-refractivity contribution in [3.8, 4) is 0 Å². The van der Waals surface area contributed by atoms with Crippen LogP contribution in [-0.4, -0.2) is 25.4 Å². The predicted molar refractivity (Wildman–Crippen MR) is 78.3 cm³/mol. The van der Waals surface area contributed by atoms with Crippen LogP contribution in [-0.2, 0) is 10.0 Å². The van der Waals surface area contributed by atoms with Gasteiger partial charge in [-0.05, 0) is 38.1 Å². The molecular formula is C13H16N4O2S. The first-order chi connectivity index (χ1) is 9.44. The minimum absolute atomic E-state index is 0.0394. The van der Waals surface area contributed by atoms with Crippen molar-refractivity contribution < 1.29 is 8.42 Å². The third kappa shape index (κ3) is 2.88. The molecule has 106 valence electrons. The molecule has 2 heterocycles. The van der Waals surface area contributed by atoms with E-state index < -0.39 is 10.0 Å². The third-order valence-corrected chi connectivity index (χ3v) is 4.09. The molecule has 0 aliphatic rings. The van der Waals surface area contributed by atoms with Crippen molar-refractivity contribution in [2.24, 2.45) is 0 Å². The van der Waals surface area contributed by atoms with Crippen LogP contribution in [0.1, 0.15) is 11.4 Å². The molecule has 0 fully saturated rings. The number of nitrogens with one attached hydrogen (secondary N) is 2. The molecule has 0 amide bonds. The molecule has 20 heavy (non-hydrogen) atoms. The highest BCUT2D eigenvalue weighted by molar-refractivity contribution is 7.92. The molecule has 0 saturated carbocycles. The Kier molecular flexibility index (Phi) is 3.89. The summed E-state index contributed by atoms with van der Waals surface area (Å²) >= 11 is 0. The molecule has 6 nitrogen and oxygen atoms in total. The van der Waals surface area contributed by atoms with Gasteiger partial charge in [-0.2, -0.15) is 8.42 Å². The molecular weight excluding hydrogens is 276 g/mol. The molecule has 0 spiro atoms. The Balaban J connectivity index is 2.41. The predicted octanol–water partition coefficient (Wildman–Crippen LogP) is 1.94. The maximum atomic E-state index is 12.4. The first-order valence-electron chi connectivity index (χ1n) is 6.04. The molecule has 0 aliphatic heterocycles. The van der Waals surface area contributed by atoms with Crippen molar-refractivity contribution in [2.45, 2.75) is 18.9 Å². The van der Waals surface area contributed by atoms with E-state index >= 15 is 0 Å². The van der Waals surface area contributed by atoms with Gasteiger partial charge >= 0.3 is 0 Å². The zero-order valence-electron chi connectivity index (χ0n) is 11.5. The molecule has 0 radical (unpaired) electrons. The van der Waals surface area contributed by atoms with Gasteiger partial charge in [0.1, 0.15) is 0 Å². The lowest BCUT2D eigenvalue weighted by Crippen LogP contribution is -2.17. The number of sulfonamides is 1. The van der Waals surface area contributed by atoms with Crippen molar-refractivity contribution in [1.29, 1.82) is 0 Å². The zero-order valence-corrected chi connectivity index (χ0v) is 12.3. The normalized spacial score (nSPS) is 11.2. The molecule has 7 heteroatoms. The molecule has 2 aromatic rings. The number of rotatable bonds is 4. The van der Waals surface area contributed by atoms with Gasteiger partial charge in [-0.25, -0.2) is 4.98 Å². The van der Waals surface area contributed by atoms with Crippen LogP contribution >= 0.6 is 0 Å². The minimum atomic E-state index is -3.76. The summed E-state index contributed by atoms with van der Waals surface area (Å²) in [6, 6.07) is 6.77. The topological polar surface area (TPSA) is 84.0 Å². The van der Waals surface area contributed by atoms with E-state index in [0.717, 1.165) is 5.69 Å². The summed E-state index contributed by atoms with van der Waals surface area (Å²) in [6.45, 7) is 3.60. The fourth-order valence-corrected chi connectivity index (χ4v) is 3.04. The first-order valence-corrected chi connectivity index (χ1v) is 7.52. The Morgan fingerprint density at radius 3 is 2.50 bits per heavy atom. The summed E-state index contributed by atoms with van der Waals surface area (Å²) < 4.78 is 27.3. The average molecular weight is 292 g/mol. The van der Waals surface area contributed by atoms with E-state index in [1.807, 2.05) is 6.92 Å². The van der Waals surface area contributed by atoms with Gasteiger partial charge in [-0.15, -0.1) is 0 Å². The van der Waals surface area contributed by atoms with Gasteiger partial charge < -0.3 is 5.32 Å². The molecule has 0 aliphatic carbocycles. The number of hydrogen-bond donors (Lipinski definition) is 2. The van der Waals surface area contributed by atoms with Crippen molar-refractivity contribution in [3.05, 3.63) is 41.9 Å². The Morgan fingerprint density at radius 2 is 1.85 bits per heavy atom. The Bertz CT molecular complexity index is 729. The summed E-state index contributed by atoms with van der Waals surface area (Å²) in [5.74, 6) is 0. The lowest BCUT2D eigenvalue weighted by Gasteiger charge is -2.12. The van der Waals surface area contributed by atoms with Gasteiger partial charge in [0, 0.05) is 18.9 Å². The first kappa shape index (κ1) is 14.3. The van der Waals surface area contributed by atoms with Crippen LogP contribution < -0.4 is 10.0 Å². The van der Waals surface area contributed by atoms with Crippen molar-refractivity contribution in [2.75, 3.05) is 17.1 Å². The van der Waals surface area contributed by atoms with Crippen LogP contribution in [0, 0.1) is 13.8 Å². The lowest BCUT2D eigenvalue weighted by atomic mass is 10.3. The largest absolute Gasteiger partial charge is 0.386 e. The number of anilines is 2. The van der Waals surface area contributed by atoms with E-state index in [1.165, 1.54) is 6.20 Å². The van der Waals surface area contributed by atoms with Crippen LogP contribution in [0.3, 0.4) is 0 Å². The summed E-state index contributed by atoms with van der Waals surface area (Å²) in [7, 11) is -2.11. The number of aromatic nitrogens is 2. The average Bonchev–Trinajstić information content (AvgIpc) is 2.42. The second-order valence-corrected chi connectivity index (χ2v) is 5.89. The van der Waals surface area contributed by atoms with Gasteiger partial charge in [0.25, 0.3) is 10.0 Å². The number of pyridine rings is 2. The molecule has 2 aromatic heterocycles. The van der Waals surface area contributed by atoms with Crippen LogP contribution in [0.2, 0.25) is 0 Å². The molecule has 2 N–H and O–H groups in total. The van der Waals surface area contributed by atoms with Crippen LogP contribution in [0.5, 0.6) is 0 Å². The maximum Gasteiger partial charge on any atom is 0.281 e. The van der Waals surface area contributed by atoms with Crippen molar-refractivity contribution in [3.63, 3.8) is 0 Å². The second-order valence-electron chi connectivity index (χ2n) is 4.30. The van der Waals surface area contributed by atoms with Crippen LogP contribution in [0.4, 0.5) is 11.4 Å². The lowest BCUT2D eigenvalue weighted by molar-refractivity contribution is 0.598. The standard InChI is InChI=1S/C13H16N4O2S/c1-9-6-7-11(10(2)16-9)17-20(18,19)13-12(14-3)5-4-8-15-13/h4-8,14,17H,1-3H3. The molecule has 0 bridgehead atoms. The molecule has 2 rings (SSSR count). The van der Waals surface area contributed by atoms with Gasteiger partial charge in [-0.1, -0.05) is 0 Å². The molecule has 0 saturated heterocycles. The number of aryl methyl sites for hydroxylation is 2. The van der Waals surface area contributed by atoms with E-state index in [4.69, 9.17) is 0 Å². The van der Waals surface area contributed by atoms with Gasteiger partial charge in [0.15, 0.2) is 5.03 Å². The molecule has 0 unspecified atom stereocenters. The Morgan fingerprint density at radius 1 is 1.10 bits per heavy atom. The summed E-state index contributed by atoms with van der Waals surface area (Å²) in [5, 5.41) is 2.77. The fraction of sp³-hybridized carbons (Fsp3) is 0.231. The van der Waals surface area contributed by atoms with E-state index in [1.54, 1.807) is 38.2 Å². The number of hydrogen-bond acceptors (Lipinski definition) is 5. The van der Waals surface area contributed by atoms with E-state index in [-0.39, 0.29) is 5.03 Å². The highest BCUT2D eigenvalue weighted by atomic mass is 32.2. The van der Waals surface area contributed by atoms with E-state index in [0.29, 0.717) is 17.1 Å². The van der Waals surface area contributed by atoms with E-state index in [2.05, 4.69) is 20.0 Å². The minimum Gasteiger partial charge on any atom is -0.386 e. The highest BCUT2D eigenvalue weighted by Crippen LogP contribution is 2.22. The van der Waals surface area contributed by atoms with Crippen LogP contribution in [0.15, 0.2) is 35.5 Å². The smallest absolute Gasteiger partial charge is 0.281 e. The quantitative estimate of drug-likeness (QED) is 0.899. The second kappa shape index (κ2) is 5.46. The number of nitrogens with zero attached hydrogens (tertiary/aromatic N) is 2. The highest BCUT2D eigenvalue weighted by Gasteiger charge is 2.20. The summed E-state index contributed by atoms with van der Waals surface area (Å²) in [5.41, 5.74) is 2.34. The Labute approximate surface area is 118 Å². The van der Waals surface area contributed by atoms with Gasteiger partial charge in [-0.3, -0.25) is 9.71 Å². The van der Waals surface area contributed by atoms with E-state index in [9.17, 15) is 8.42 Å². The van der Waals surface area contributed by atoms with Crippen molar-refractivity contribution in [1.82, 2.24) is 9.97 Å². The van der Waals surface area contributed by atoms with Crippen molar-refractivity contribution >= 4 is 21.4 Å². The van der Waals surface area contributed by atoms with Crippen LogP contribution in [0.25, 0.3) is 0 Å². The Hall–Kier alpha value is -2.15. The SMILES string of the molecule is CNc1cccnc1S(=O)(=O)Nc1ccc(C)nc1C.